The molecule has 2 aliphatic carbocycles. The third-order valence-corrected chi connectivity index (χ3v) is 5.00. The number of piperidine rings is 1. The van der Waals surface area contributed by atoms with Gasteiger partial charge in [-0.2, -0.15) is 0 Å². The van der Waals surface area contributed by atoms with Crippen LogP contribution in [0.1, 0.15) is 59.3 Å². The summed E-state index contributed by atoms with van der Waals surface area (Å²) >= 11 is 0. The van der Waals surface area contributed by atoms with E-state index in [9.17, 15) is 4.79 Å². The third-order valence-electron chi connectivity index (χ3n) is 5.00. The van der Waals surface area contributed by atoms with E-state index in [1.165, 1.54) is 25.7 Å². The standard InChI is InChI=1S/C16H29N3O2/c1-15(2,3)21-14(20)18-17-13-6-10-19(11-7-13)16(8-9-16)12-4-5-12/h12-13,17H,4-11H2,1-3H3,(H,18,20). The van der Waals surface area contributed by atoms with Crippen molar-refractivity contribution < 1.29 is 9.53 Å². The van der Waals surface area contributed by atoms with E-state index in [0.29, 0.717) is 11.6 Å². The zero-order chi connectivity index (χ0) is 15.1. The molecule has 0 unspecified atom stereocenters. The van der Waals surface area contributed by atoms with Crippen LogP contribution in [0.15, 0.2) is 0 Å². The summed E-state index contributed by atoms with van der Waals surface area (Å²) in [6.45, 7) is 7.93. The minimum absolute atomic E-state index is 0.365. The van der Waals surface area contributed by atoms with Crippen LogP contribution in [0.2, 0.25) is 0 Å². The summed E-state index contributed by atoms with van der Waals surface area (Å²) in [5.74, 6) is 0.988. The van der Waals surface area contributed by atoms with Gasteiger partial charge in [0.15, 0.2) is 0 Å². The van der Waals surface area contributed by atoms with E-state index < -0.39 is 5.60 Å². The molecule has 0 aromatic rings. The Bertz CT molecular complexity index is 389. The van der Waals surface area contributed by atoms with Crippen molar-refractivity contribution in [2.75, 3.05) is 13.1 Å². The summed E-state index contributed by atoms with van der Waals surface area (Å²) < 4.78 is 5.23. The lowest BCUT2D eigenvalue weighted by molar-refractivity contribution is 0.0462. The number of hydrogen-bond donors (Lipinski definition) is 2. The first-order chi connectivity index (χ1) is 9.89. The van der Waals surface area contributed by atoms with Gasteiger partial charge in [0.05, 0.1) is 0 Å². The van der Waals surface area contributed by atoms with Gasteiger partial charge >= 0.3 is 6.09 Å². The fraction of sp³-hybridized carbons (Fsp3) is 0.938. The molecule has 1 saturated heterocycles. The minimum atomic E-state index is -0.447. The van der Waals surface area contributed by atoms with Crippen molar-refractivity contribution in [3.8, 4) is 0 Å². The Kier molecular flexibility index (Phi) is 3.91. The molecule has 1 heterocycles. The van der Waals surface area contributed by atoms with Crippen LogP contribution in [0.3, 0.4) is 0 Å². The molecule has 3 rings (SSSR count). The van der Waals surface area contributed by atoms with Crippen molar-refractivity contribution in [1.82, 2.24) is 15.8 Å². The van der Waals surface area contributed by atoms with E-state index in [1.807, 2.05) is 20.8 Å². The Balaban J connectivity index is 1.37. The molecule has 5 heteroatoms. The lowest BCUT2D eigenvalue weighted by Crippen LogP contribution is -2.53. The normalized spacial score (nSPS) is 26.4. The van der Waals surface area contributed by atoms with E-state index in [-0.39, 0.29) is 6.09 Å². The van der Waals surface area contributed by atoms with Crippen molar-refractivity contribution in [2.24, 2.45) is 5.92 Å². The van der Waals surface area contributed by atoms with E-state index in [2.05, 4.69) is 15.8 Å². The van der Waals surface area contributed by atoms with Crippen molar-refractivity contribution in [1.29, 1.82) is 0 Å². The number of carbonyl (C=O) groups is 1. The highest BCUT2D eigenvalue weighted by Crippen LogP contribution is 2.57. The highest BCUT2D eigenvalue weighted by Gasteiger charge is 2.57. The predicted octanol–water partition coefficient (Wildman–Crippen LogP) is 2.42. The smallest absolute Gasteiger partial charge is 0.422 e. The van der Waals surface area contributed by atoms with E-state index in [4.69, 9.17) is 4.74 Å². The number of carbonyl (C=O) groups excluding carboxylic acids is 1. The Morgan fingerprint density at radius 1 is 1.14 bits per heavy atom. The highest BCUT2D eigenvalue weighted by atomic mass is 16.6. The summed E-state index contributed by atoms with van der Waals surface area (Å²) in [6.07, 6.45) is 7.52. The average molecular weight is 295 g/mol. The van der Waals surface area contributed by atoms with Gasteiger partial charge < -0.3 is 4.74 Å². The number of hydrogen-bond acceptors (Lipinski definition) is 4. The van der Waals surface area contributed by atoms with Gasteiger partial charge in [-0.3, -0.25) is 10.3 Å². The predicted molar refractivity (Wildman–Crippen MR) is 81.8 cm³/mol. The number of likely N-dealkylation sites (tertiary alicyclic amines) is 1. The van der Waals surface area contributed by atoms with Crippen molar-refractivity contribution in [3.63, 3.8) is 0 Å². The van der Waals surface area contributed by atoms with Crippen molar-refractivity contribution >= 4 is 6.09 Å². The molecule has 0 spiro atoms. The van der Waals surface area contributed by atoms with E-state index in [1.54, 1.807) is 0 Å². The third kappa shape index (κ3) is 3.69. The zero-order valence-corrected chi connectivity index (χ0v) is 13.6. The Morgan fingerprint density at radius 3 is 2.24 bits per heavy atom. The fourth-order valence-electron chi connectivity index (χ4n) is 3.67. The van der Waals surface area contributed by atoms with Crippen LogP contribution in [0, 0.1) is 5.92 Å². The molecule has 2 N–H and O–H groups in total. The van der Waals surface area contributed by atoms with Gasteiger partial charge in [0.2, 0.25) is 0 Å². The summed E-state index contributed by atoms with van der Waals surface area (Å²) in [6, 6.07) is 0.365. The summed E-state index contributed by atoms with van der Waals surface area (Å²) in [4.78, 5) is 14.3. The van der Waals surface area contributed by atoms with Gasteiger partial charge in [-0.25, -0.2) is 10.2 Å². The highest BCUT2D eigenvalue weighted by molar-refractivity contribution is 5.67. The Labute approximate surface area is 127 Å². The van der Waals surface area contributed by atoms with Gasteiger partial charge in [-0.15, -0.1) is 0 Å². The van der Waals surface area contributed by atoms with Gasteiger partial charge in [-0.05, 0) is 65.2 Å². The summed E-state index contributed by atoms with van der Waals surface area (Å²) in [5, 5.41) is 0. The van der Waals surface area contributed by atoms with Crippen molar-refractivity contribution in [2.45, 2.75) is 76.5 Å². The topological polar surface area (TPSA) is 53.6 Å². The molecule has 1 aliphatic heterocycles. The second-order valence-corrected chi connectivity index (χ2v) is 7.91. The molecule has 5 nitrogen and oxygen atoms in total. The molecule has 3 aliphatic rings. The second-order valence-electron chi connectivity index (χ2n) is 7.91. The largest absolute Gasteiger partial charge is 0.443 e. The van der Waals surface area contributed by atoms with Crippen LogP contribution < -0.4 is 10.9 Å². The maximum atomic E-state index is 11.6. The lowest BCUT2D eigenvalue weighted by Gasteiger charge is -2.38. The molecule has 1 amide bonds. The maximum Gasteiger partial charge on any atom is 0.422 e. The molecular weight excluding hydrogens is 266 g/mol. The van der Waals surface area contributed by atoms with Crippen LogP contribution in [0.4, 0.5) is 4.79 Å². The molecule has 120 valence electrons. The second kappa shape index (κ2) is 5.43. The minimum Gasteiger partial charge on any atom is -0.443 e. The first-order valence-corrected chi connectivity index (χ1v) is 8.39. The van der Waals surface area contributed by atoms with Crippen LogP contribution in [0.25, 0.3) is 0 Å². The molecular formula is C16H29N3O2. The Morgan fingerprint density at radius 2 is 1.76 bits per heavy atom. The van der Waals surface area contributed by atoms with Crippen LogP contribution >= 0.6 is 0 Å². The van der Waals surface area contributed by atoms with E-state index >= 15 is 0 Å². The van der Waals surface area contributed by atoms with Gasteiger partial charge in [-0.1, -0.05) is 0 Å². The molecule has 0 atom stereocenters. The molecule has 21 heavy (non-hydrogen) atoms. The molecule has 3 fully saturated rings. The van der Waals surface area contributed by atoms with Gasteiger partial charge in [0.25, 0.3) is 0 Å². The first-order valence-electron chi connectivity index (χ1n) is 8.39. The quantitative estimate of drug-likeness (QED) is 0.782. The first kappa shape index (κ1) is 15.1. The van der Waals surface area contributed by atoms with Crippen LogP contribution in [-0.2, 0) is 4.74 Å². The molecule has 0 aromatic heterocycles. The molecule has 2 saturated carbocycles. The number of hydrazine groups is 1. The zero-order valence-electron chi connectivity index (χ0n) is 13.6. The molecule has 0 aromatic carbocycles. The number of nitrogens with zero attached hydrogens (tertiary/aromatic N) is 1. The lowest BCUT2D eigenvalue weighted by atomic mass is 10.0. The average Bonchev–Trinajstić information content (AvgIpc) is 3.26. The maximum absolute atomic E-state index is 11.6. The van der Waals surface area contributed by atoms with Crippen LogP contribution in [0.5, 0.6) is 0 Å². The van der Waals surface area contributed by atoms with E-state index in [0.717, 1.165) is 31.8 Å². The van der Waals surface area contributed by atoms with Crippen LogP contribution in [-0.4, -0.2) is 41.3 Å². The molecule has 0 radical (unpaired) electrons. The SMILES string of the molecule is CC(C)(C)OC(=O)NNC1CCN(C2(C3CC3)CC2)CC1. The van der Waals surface area contributed by atoms with Crippen molar-refractivity contribution in [3.05, 3.63) is 0 Å². The number of amides is 1. The number of nitrogens with one attached hydrogen (secondary N) is 2. The summed E-state index contributed by atoms with van der Waals surface area (Å²) in [5.41, 5.74) is 5.95. The van der Waals surface area contributed by atoms with Gasteiger partial charge in [0, 0.05) is 24.7 Å². The monoisotopic (exact) mass is 295 g/mol. The Hall–Kier alpha value is -0.810. The number of ether oxygens (including phenoxy) is 1. The van der Waals surface area contributed by atoms with Gasteiger partial charge in [0.1, 0.15) is 5.60 Å². The fourth-order valence-corrected chi connectivity index (χ4v) is 3.67. The number of rotatable bonds is 4. The summed E-state index contributed by atoms with van der Waals surface area (Å²) in [7, 11) is 0. The molecule has 0 bridgehead atoms.